The van der Waals surface area contributed by atoms with Crippen LogP contribution in [0.5, 0.6) is 0 Å². The zero-order valence-electron chi connectivity index (χ0n) is 39.1. The molecule has 6 aromatic rings. The summed E-state index contributed by atoms with van der Waals surface area (Å²) in [6.07, 6.45) is -9.40. The number of hydrogen-bond donors (Lipinski definition) is 1. The Morgan fingerprint density at radius 2 is 1.02 bits per heavy atom. The van der Waals surface area contributed by atoms with Crippen molar-refractivity contribution in [1.29, 1.82) is 0 Å². The molecule has 11 rings (SSSR count). The number of ether oxygens (including phenoxy) is 1. The molecule has 66 heavy (non-hydrogen) atoms. The molecule has 5 aliphatic rings. The molecule has 1 saturated heterocycles. The maximum Gasteiger partial charge on any atom is 0.494 e. The van der Waals surface area contributed by atoms with E-state index in [1.165, 1.54) is 24.3 Å². The first kappa shape index (κ1) is 43.9. The molecule has 1 heterocycles. The molecule has 4 unspecified atom stereocenters. The van der Waals surface area contributed by atoms with Gasteiger partial charge in [-0.05, 0) is 203 Å². The Kier molecular flexibility index (Phi) is 8.57. The smallest absolute Gasteiger partial charge is 0.399 e. The molecule has 0 aromatic heterocycles. The maximum atomic E-state index is 16.4. The van der Waals surface area contributed by atoms with Crippen molar-refractivity contribution in [2.45, 2.75) is 141 Å². The minimum Gasteiger partial charge on any atom is -0.399 e. The van der Waals surface area contributed by atoms with E-state index in [9.17, 15) is 5.11 Å². The second-order valence-electron chi connectivity index (χ2n) is 22.1. The van der Waals surface area contributed by atoms with E-state index in [1.807, 2.05) is 90.1 Å². The Balaban J connectivity index is 1.11. The van der Waals surface area contributed by atoms with Gasteiger partial charge in [0.1, 0.15) is 16.4 Å². The van der Waals surface area contributed by atoms with Gasteiger partial charge < -0.3 is 19.2 Å². The molecule has 6 aromatic carbocycles. The number of benzene rings is 6. The van der Waals surface area contributed by atoms with Gasteiger partial charge in [-0.25, -0.2) is 0 Å². The van der Waals surface area contributed by atoms with E-state index < -0.39 is 81.1 Å². The van der Waals surface area contributed by atoms with Crippen LogP contribution in [-0.2, 0) is 30.5 Å². The van der Waals surface area contributed by atoms with E-state index in [0.29, 0.717) is 67.3 Å². The Morgan fingerprint density at radius 3 is 1.45 bits per heavy atom. The lowest BCUT2D eigenvalue weighted by Gasteiger charge is -2.48. The van der Waals surface area contributed by atoms with Gasteiger partial charge in [0.15, 0.2) is 0 Å². The third-order valence-corrected chi connectivity index (χ3v) is 17.6. The second kappa shape index (κ2) is 12.9. The van der Waals surface area contributed by atoms with E-state index in [2.05, 4.69) is 20.8 Å². The molecule has 1 aliphatic heterocycles. The van der Waals surface area contributed by atoms with Gasteiger partial charge in [0.05, 0.1) is 22.9 Å². The summed E-state index contributed by atoms with van der Waals surface area (Å²) in [7, 11) is -0.777. The zero-order valence-corrected chi connectivity index (χ0v) is 39.1. The summed E-state index contributed by atoms with van der Waals surface area (Å²) in [6.45, 7) is 20.2. The zero-order chi connectivity index (χ0) is 47.5. The molecule has 342 valence electrons. The number of alkyl halides is 6. The summed E-state index contributed by atoms with van der Waals surface area (Å²) in [5.41, 5.74) is -5.59. The highest BCUT2D eigenvalue weighted by Crippen LogP contribution is 2.65. The molecular weight excluding hydrogens is 849 g/mol. The lowest BCUT2D eigenvalue weighted by Crippen LogP contribution is -2.53. The number of rotatable bonds is 6. The van der Waals surface area contributed by atoms with Crippen LogP contribution in [0.2, 0.25) is 0 Å². The van der Waals surface area contributed by atoms with Crippen LogP contribution in [0.15, 0.2) is 84.9 Å². The Hall–Kier alpha value is -4.68. The van der Waals surface area contributed by atoms with Gasteiger partial charge in [-0.15, -0.1) is 0 Å². The van der Waals surface area contributed by atoms with Crippen LogP contribution in [0.25, 0.3) is 66.1 Å². The average molecular weight is 903 g/mol. The molecule has 2 fully saturated rings. The fourth-order valence-electron chi connectivity index (χ4n) is 11.4. The second-order valence-corrected chi connectivity index (χ2v) is 22.1. The van der Waals surface area contributed by atoms with Gasteiger partial charge in [-0.1, -0.05) is 69.3 Å². The van der Waals surface area contributed by atoms with E-state index in [-0.39, 0.29) is 5.41 Å². The van der Waals surface area contributed by atoms with Crippen LogP contribution in [0.3, 0.4) is 0 Å². The summed E-state index contributed by atoms with van der Waals surface area (Å²) in [6, 6.07) is 24.0. The van der Waals surface area contributed by atoms with Crippen molar-refractivity contribution in [2.24, 2.45) is 5.41 Å². The van der Waals surface area contributed by atoms with Gasteiger partial charge >= 0.3 is 19.5 Å². The summed E-state index contributed by atoms with van der Waals surface area (Å²) in [5.74, 6) is 0. The summed E-state index contributed by atoms with van der Waals surface area (Å²) < 4.78 is 118. The predicted octanol–water partition coefficient (Wildman–Crippen LogP) is 13.8. The number of fused-ring (bicyclic) bond motifs is 8. The molecule has 0 radical (unpaired) electrons. The van der Waals surface area contributed by atoms with Crippen molar-refractivity contribution in [2.75, 3.05) is 0 Å². The lowest BCUT2D eigenvalue weighted by atomic mass is 9.57. The highest BCUT2D eigenvalue weighted by atomic mass is 19.4. The van der Waals surface area contributed by atoms with E-state index in [0.717, 1.165) is 36.4 Å². The quantitative estimate of drug-likeness (QED) is 0.133. The summed E-state index contributed by atoms with van der Waals surface area (Å²) in [5, 5.41) is 15.1. The van der Waals surface area contributed by atoms with Gasteiger partial charge in [0.2, 0.25) is 0 Å². The standard InChI is InChI=1S/C55H53BF6O4/c1-12-47(2,3)48(4,5)64-44-27-53(44,63)30-19-28-15-13-17-32-34-23-40-42(25-36(34)38(21-30)45(28)32)51(10,54(57,58)59)41-24-35-33-18-14-16-29-20-31(56-65-49(6,7)50(8,9)66-56)22-39(46(29)33)37(35)26-43(41)52(40,11)55(60,61)62/h13-26,44,63H,12,27H2,1-11H3. The average Bonchev–Trinajstić information content (AvgIpc) is 3.49. The van der Waals surface area contributed by atoms with Gasteiger partial charge in [-0.2, -0.15) is 26.3 Å². The van der Waals surface area contributed by atoms with Gasteiger partial charge in [0.25, 0.3) is 0 Å². The third kappa shape index (κ3) is 5.46. The molecule has 0 amide bonds. The Labute approximate surface area is 381 Å². The molecule has 0 spiro atoms. The van der Waals surface area contributed by atoms with Crippen LogP contribution in [0, 0.1) is 5.41 Å². The molecule has 0 bridgehead atoms. The summed E-state index contributed by atoms with van der Waals surface area (Å²) >= 11 is 0. The monoisotopic (exact) mass is 902 g/mol. The minimum atomic E-state index is -5.03. The van der Waals surface area contributed by atoms with Crippen molar-refractivity contribution < 1.29 is 45.5 Å². The molecule has 11 heteroatoms. The first-order valence-corrected chi connectivity index (χ1v) is 22.9. The maximum absolute atomic E-state index is 16.4. The largest absolute Gasteiger partial charge is 0.494 e. The van der Waals surface area contributed by atoms with Crippen molar-refractivity contribution in [1.82, 2.24) is 0 Å². The highest BCUT2D eigenvalue weighted by Gasteiger charge is 2.66. The predicted molar refractivity (Wildman–Crippen MR) is 249 cm³/mol. The SMILES string of the molecule is CCC(C)(C)C(C)(C)OC1CC1(O)c1cc2c3c(cccc3c1)-c1cc3c(cc1-2)C(C)(C(F)(F)F)c1cc2c(cc1C3(C)C(F)(F)F)-c1cc(B3OC(C)(C)C(C)(C)O3)cc3cccc-2c13. The van der Waals surface area contributed by atoms with E-state index in [1.54, 1.807) is 12.1 Å². The molecule has 1 saturated carbocycles. The first-order valence-electron chi connectivity index (χ1n) is 22.9. The summed E-state index contributed by atoms with van der Waals surface area (Å²) in [4.78, 5) is 0. The van der Waals surface area contributed by atoms with Crippen LogP contribution >= 0.6 is 0 Å². The molecule has 4 nitrogen and oxygen atoms in total. The molecular formula is C55H53BF6O4. The minimum absolute atomic E-state index is 0.203. The van der Waals surface area contributed by atoms with Crippen molar-refractivity contribution >= 4 is 34.1 Å². The molecule has 4 atom stereocenters. The number of aliphatic hydroxyl groups is 1. The molecule has 1 N–H and O–H groups in total. The first-order chi connectivity index (χ1) is 30.5. The van der Waals surface area contributed by atoms with Gasteiger partial charge in [-0.3, -0.25) is 0 Å². The third-order valence-electron chi connectivity index (χ3n) is 17.6. The van der Waals surface area contributed by atoms with Crippen molar-refractivity contribution in [3.63, 3.8) is 0 Å². The highest BCUT2D eigenvalue weighted by molar-refractivity contribution is 6.62. The normalized spacial score (nSPS) is 25.6. The number of halogens is 6. The van der Waals surface area contributed by atoms with Crippen LogP contribution in [-0.4, -0.2) is 47.5 Å². The molecule has 4 aliphatic carbocycles. The van der Waals surface area contributed by atoms with Crippen LogP contribution in [0.1, 0.15) is 117 Å². The Morgan fingerprint density at radius 1 is 0.591 bits per heavy atom. The van der Waals surface area contributed by atoms with Crippen molar-refractivity contribution in [3.05, 3.63) is 113 Å². The van der Waals surface area contributed by atoms with Crippen LogP contribution in [0.4, 0.5) is 26.3 Å². The van der Waals surface area contributed by atoms with Crippen LogP contribution < -0.4 is 5.46 Å². The lowest BCUT2D eigenvalue weighted by molar-refractivity contribution is -0.188. The fraction of sp³-hybridized carbons (Fsp3) is 0.418. The van der Waals surface area contributed by atoms with Gasteiger partial charge in [0, 0.05) is 6.42 Å². The Bertz CT molecular complexity index is 3130. The van der Waals surface area contributed by atoms with E-state index >= 15 is 26.3 Å². The number of hydrogen-bond acceptors (Lipinski definition) is 4. The van der Waals surface area contributed by atoms with E-state index in [4.69, 9.17) is 14.0 Å². The topological polar surface area (TPSA) is 47.9 Å². The fourth-order valence-corrected chi connectivity index (χ4v) is 11.4. The van der Waals surface area contributed by atoms with Crippen molar-refractivity contribution in [3.8, 4) is 44.5 Å².